The lowest BCUT2D eigenvalue weighted by atomic mass is 10.6. The van der Waals surface area contributed by atoms with Crippen LogP contribution < -0.4 is 5.73 Å². The topological polar surface area (TPSA) is 84.5 Å². The fourth-order valence-corrected chi connectivity index (χ4v) is 0.589. The Hall–Kier alpha value is -1.11. The summed E-state index contributed by atoms with van der Waals surface area (Å²) in [7, 11) is 0. The Labute approximate surface area is 61.8 Å². The van der Waals surface area contributed by atoms with Crippen LogP contribution >= 0.6 is 12.6 Å². The van der Waals surface area contributed by atoms with E-state index >= 15 is 0 Å². The Morgan fingerprint density at radius 3 is 2.90 bits per heavy atom. The van der Waals surface area contributed by atoms with Crippen molar-refractivity contribution in [2.75, 3.05) is 0 Å². The predicted octanol–water partition coefficient (Wildman–Crippen LogP) is -1.23. The molecule has 0 bridgehead atoms. The SMILES string of the molecule is [NH]C(=O)Cn1nnnc1S. The van der Waals surface area contributed by atoms with E-state index < -0.39 is 5.91 Å². The summed E-state index contributed by atoms with van der Waals surface area (Å²) >= 11 is 3.81. The average Bonchev–Trinajstić information content (AvgIpc) is 2.15. The zero-order valence-electron chi connectivity index (χ0n) is 4.85. The molecule has 0 aromatic carbocycles. The van der Waals surface area contributed by atoms with E-state index in [4.69, 9.17) is 5.73 Å². The van der Waals surface area contributed by atoms with Crippen LogP contribution in [0.5, 0.6) is 0 Å². The second-order valence-electron chi connectivity index (χ2n) is 1.56. The maximum absolute atomic E-state index is 10.2. The van der Waals surface area contributed by atoms with E-state index in [9.17, 15) is 4.79 Å². The van der Waals surface area contributed by atoms with Crippen LogP contribution in [0.4, 0.5) is 0 Å². The van der Waals surface area contributed by atoms with Crippen molar-refractivity contribution in [2.45, 2.75) is 11.7 Å². The van der Waals surface area contributed by atoms with E-state index in [1.54, 1.807) is 0 Å². The van der Waals surface area contributed by atoms with Crippen molar-refractivity contribution in [1.82, 2.24) is 25.9 Å². The van der Waals surface area contributed by atoms with Gasteiger partial charge in [0.15, 0.2) is 0 Å². The molecule has 0 aliphatic rings. The van der Waals surface area contributed by atoms with Crippen molar-refractivity contribution in [2.24, 2.45) is 0 Å². The van der Waals surface area contributed by atoms with Crippen LogP contribution in [0.1, 0.15) is 0 Å². The Bertz CT molecular complexity index is 245. The highest BCUT2D eigenvalue weighted by molar-refractivity contribution is 7.80. The molecule has 1 N–H and O–H groups in total. The van der Waals surface area contributed by atoms with Gasteiger partial charge in [0.05, 0.1) is 0 Å². The van der Waals surface area contributed by atoms with Gasteiger partial charge in [0.25, 0.3) is 5.91 Å². The number of tetrazole rings is 1. The summed E-state index contributed by atoms with van der Waals surface area (Å²) in [6.07, 6.45) is 0. The minimum absolute atomic E-state index is 0.147. The zero-order chi connectivity index (χ0) is 7.56. The lowest BCUT2D eigenvalue weighted by molar-refractivity contribution is -0.119. The molecule has 1 radical (unpaired) electrons. The van der Waals surface area contributed by atoms with Gasteiger partial charge in [-0.25, -0.2) is 4.68 Å². The molecule has 10 heavy (non-hydrogen) atoms. The molecule has 1 rings (SSSR count). The van der Waals surface area contributed by atoms with E-state index in [1.807, 2.05) is 0 Å². The number of carbonyl (C=O) groups is 1. The number of thiol groups is 1. The van der Waals surface area contributed by atoms with E-state index in [-0.39, 0.29) is 11.7 Å². The summed E-state index contributed by atoms with van der Waals surface area (Å²) in [5.41, 5.74) is 6.56. The Morgan fingerprint density at radius 2 is 2.50 bits per heavy atom. The normalized spacial score (nSPS) is 9.70. The summed E-state index contributed by atoms with van der Waals surface area (Å²) < 4.78 is 1.14. The van der Waals surface area contributed by atoms with Gasteiger partial charge in [-0.3, -0.25) is 10.5 Å². The third-order valence-corrected chi connectivity index (χ3v) is 1.13. The second-order valence-corrected chi connectivity index (χ2v) is 1.96. The lowest BCUT2D eigenvalue weighted by Gasteiger charge is -1.92. The maximum Gasteiger partial charge on any atom is 0.260 e. The standard InChI is InChI=1S/C3H4N5OS/c4-2(9)1-8-3(10)5-6-7-8/h4H,1H2,(H,5,7,10). The molecule has 0 saturated carbocycles. The molecule has 0 unspecified atom stereocenters. The Kier molecular flexibility index (Phi) is 1.86. The number of nitrogens with one attached hydrogen (secondary N) is 1. The first-order chi connectivity index (χ1) is 4.70. The maximum atomic E-state index is 10.2. The number of rotatable bonds is 2. The monoisotopic (exact) mass is 158 g/mol. The van der Waals surface area contributed by atoms with Gasteiger partial charge in [-0.05, 0) is 10.4 Å². The molecule has 1 heterocycles. The van der Waals surface area contributed by atoms with Crippen LogP contribution in [-0.4, -0.2) is 26.1 Å². The lowest BCUT2D eigenvalue weighted by Crippen LogP contribution is -2.12. The van der Waals surface area contributed by atoms with E-state index in [0.29, 0.717) is 0 Å². The van der Waals surface area contributed by atoms with Crippen molar-refractivity contribution >= 4 is 18.5 Å². The molecule has 0 spiro atoms. The molecular formula is C3H4N5OS. The predicted molar refractivity (Wildman–Crippen MR) is 33.2 cm³/mol. The van der Waals surface area contributed by atoms with Gasteiger partial charge in [0.2, 0.25) is 5.16 Å². The van der Waals surface area contributed by atoms with Gasteiger partial charge >= 0.3 is 0 Å². The fraction of sp³-hybridized carbons (Fsp3) is 0.333. The molecule has 1 aromatic rings. The third kappa shape index (κ3) is 1.44. The molecule has 7 heteroatoms. The van der Waals surface area contributed by atoms with Crippen LogP contribution in [0.25, 0.3) is 0 Å². The van der Waals surface area contributed by atoms with Crippen LogP contribution in [-0.2, 0) is 11.3 Å². The number of nitrogens with zero attached hydrogens (tertiary/aromatic N) is 4. The van der Waals surface area contributed by atoms with Gasteiger partial charge < -0.3 is 0 Å². The summed E-state index contributed by atoms with van der Waals surface area (Å²) in [5, 5.41) is 10.3. The molecule has 6 nitrogen and oxygen atoms in total. The molecule has 0 fully saturated rings. The molecule has 1 amide bonds. The van der Waals surface area contributed by atoms with Crippen molar-refractivity contribution < 1.29 is 4.79 Å². The average molecular weight is 158 g/mol. The number of carbonyl (C=O) groups excluding carboxylic acids is 1. The van der Waals surface area contributed by atoms with E-state index in [1.165, 1.54) is 0 Å². The fourth-order valence-electron chi connectivity index (χ4n) is 0.438. The van der Waals surface area contributed by atoms with Crippen molar-refractivity contribution in [3.63, 3.8) is 0 Å². The quantitative estimate of drug-likeness (QED) is 0.546. The van der Waals surface area contributed by atoms with Gasteiger partial charge in [-0.2, -0.15) is 0 Å². The van der Waals surface area contributed by atoms with Gasteiger partial charge in [0, 0.05) is 0 Å². The smallest absolute Gasteiger partial charge is 0.260 e. The second kappa shape index (κ2) is 2.65. The molecule has 1 aromatic heterocycles. The number of aromatic nitrogens is 4. The third-order valence-electron chi connectivity index (χ3n) is 0.806. The Balaban J connectivity index is 2.74. The molecule has 0 atom stereocenters. The largest absolute Gasteiger partial charge is 0.271 e. The number of hydrogen-bond acceptors (Lipinski definition) is 5. The molecular weight excluding hydrogens is 154 g/mol. The molecule has 53 valence electrons. The summed E-state index contributed by atoms with van der Waals surface area (Å²) in [6.45, 7) is -0.147. The number of amides is 1. The van der Waals surface area contributed by atoms with Gasteiger partial charge in [-0.1, -0.05) is 0 Å². The first kappa shape index (κ1) is 7.00. The van der Waals surface area contributed by atoms with Crippen molar-refractivity contribution in [3.05, 3.63) is 0 Å². The van der Waals surface area contributed by atoms with Crippen molar-refractivity contribution in [1.29, 1.82) is 0 Å². The molecule has 0 aliphatic carbocycles. The van der Waals surface area contributed by atoms with E-state index in [0.717, 1.165) is 4.68 Å². The van der Waals surface area contributed by atoms with Crippen LogP contribution in [0, 0.1) is 0 Å². The highest BCUT2D eigenvalue weighted by Crippen LogP contribution is 1.95. The Morgan fingerprint density at radius 1 is 1.80 bits per heavy atom. The molecule has 0 aliphatic heterocycles. The first-order valence-corrected chi connectivity index (χ1v) is 2.84. The summed E-state index contributed by atoms with van der Waals surface area (Å²) in [4.78, 5) is 10.2. The first-order valence-electron chi connectivity index (χ1n) is 2.39. The summed E-state index contributed by atoms with van der Waals surface area (Å²) in [6, 6.07) is 0. The van der Waals surface area contributed by atoms with Crippen molar-refractivity contribution in [3.8, 4) is 0 Å². The minimum atomic E-state index is -0.748. The highest BCUT2D eigenvalue weighted by Gasteiger charge is 2.03. The summed E-state index contributed by atoms with van der Waals surface area (Å²) in [5.74, 6) is -0.748. The van der Waals surface area contributed by atoms with Crippen LogP contribution in [0.2, 0.25) is 0 Å². The van der Waals surface area contributed by atoms with Gasteiger partial charge in [0.1, 0.15) is 6.54 Å². The zero-order valence-corrected chi connectivity index (χ0v) is 5.75. The van der Waals surface area contributed by atoms with Crippen LogP contribution in [0.3, 0.4) is 0 Å². The van der Waals surface area contributed by atoms with Gasteiger partial charge in [-0.15, -0.1) is 17.7 Å². The highest BCUT2D eigenvalue weighted by atomic mass is 32.1. The van der Waals surface area contributed by atoms with Crippen LogP contribution in [0.15, 0.2) is 5.16 Å². The minimum Gasteiger partial charge on any atom is -0.271 e. The molecule has 0 saturated heterocycles. The van der Waals surface area contributed by atoms with E-state index in [2.05, 4.69) is 28.2 Å². The number of hydrogen-bond donors (Lipinski definition) is 1.